The standard InChI is InChI=1S/C11H15F3N4/c1-6(7-3-2-4-7)16-9-5-8(15)17-10(18-9)11(12,13)14/h5-7H,2-4H2,1H3,(H3,15,16,17,18). The molecule has 0 saturated heterocycles. The third kappa shape index (κ3) is 2.83. The maximum Gasteiger partial charge on any atom is 0.451 e. The largest absolute Gasteiger partial charge is 0.451 e. The van der Waals surface area contributed by atoms with Crippen LogP contribution in [0.25, 0.3) is 0 Å². The Bertz CT molecular complexity index is 429. The molecule has 1 saturated carbocycles. The van der Waals surface area contributed by atoms with Crippen molar-refractivity contribution in [1.82, 2.24) is 9.97 Å². The highest BCUT2D eigenvalue weighted by atomic mass is 19.4. The van der Waals surface area contributed by atoms with Crippen LogP contribution in [0, 0.1) is 5.92 Å². The van der Waals surface area contributed by atoms with Crippen LogP contribution in [0.3, 0.4) is 0 Å². The molecular weight excluding hydrogens is 245 g/mol. The van der Waals surface area contributed by atoms with Crippen LogP contribution in [-0.4, -0.2) is 16.0 Å². The highest BCUT2D eigenvalue weighted by molar-refractivity contribution is 5.45. The van der Waals surface area contributed by atoms with E-state index in [1.54, 1.807) is 0 Å². The van der Waals surface area contributed by atoms with E-state index in [1.807, 2.05) is 6.92 Å². The van der Waals surface area contributed by atoms with Gasteiger partial charge in [0.15, 0.2) is 0 Å². The van der Waals surface area contributed by atoms with Crippen molar-refractivity contribution in [1.29, 1.82) is 0 Å². The zero-order chi connectivity index (χ0) is 13.3. The number of aromatic nitrogens is 2. The summed E-state index contributed by atoms with van der Waals surface area (Å²) in [6, 6.07) is 1.42. The number of alkyl halides is 3. The maximum absolute atomic E-state index is 12.5. The van der Waals surface area contributed by atoms with Gasteiger partial charge < -0.3 is 11.1 Å². The van der Waals surface area contributed by atoms with Crippen molar-refractivity contribution in [2.45, 2.75) is 38.4 Å². The summed E-state index contributed by atoms with van der Waals surface area (Å²) in [5.74, 6) is -0.754. The second kappa shape index (κ2) is 4.62. The van der Waals surface area contributed by atoms with E-state index < -0.39 is 12.0 Å². The molecule has 0 radical (unpaired) electrons. The Morgan fingerprint density at radius 2 is 2.06 bits per heavy atom. The predicted molar refractivity (Wildman–Crippen MR) is 61.9 cm³/mol. The zero-order valence-corrected chi connectivity index (χ0v) is 9.96. The van der Waals surface area contributed by atoms with Crippen molar-refractivity contribution in [3.63, 3.8) is 0 Å². The van der Waals surface area contributed by atoms with Crippen molar-refractivity contribution in [2.75, 3.05) is 11.1 Å². The lowest BCUT2D eigenvalue weighted by molar-refractivity contribution is -0.144. The van der Waals surface area contributed by atoms with Gasteiger partial charge in [-0.3, -0.25) is 0 Å². The Labute approximate surface area is 103 Å². The molecule has 1 aromatic rings. The molecule has 2 rings (SSSR count). The van der Waals surface area contributed by atoms with E-state index >= 15 is 0 Å². The number of hydrogen-bond donors (Lipinski definition) is 2. The summed E-state index contributed by atoms with van der Waals surface area (Å²) in [7, 11) is 0. The van der Waals surface area contributed by atoms with Gasteiger partial charge in [-0.2, -0.15) is 13.2 Å². The minimum absolute atomic E-state index is 0.0918. The number of nitrogen functional groups attached to an aromatic ring is 1. The molecule has 1 aromatic heterocycles. The number of anilines is 2. The highest BCUT2D eigenvalue weighted by Gasteiger charge is 2.35. The summed E-state index contributed by atoms with van der Waals surface area (Å²) in [6.07, 6.45) is -1.20. The fraction of sp³-hybridized carbons (Fsp3) is 0.636. The number of rotatable bonds is 3. The minimum atomic E-state index is -4.58. The number of halogens is 3. The fourth-order valence-corrected chi connectivity index (χ4v) is 1.96. The fourth-order valence-electron chi connectivity index (χ4n) is 1.96. The monoisotopic (exact) mass is 260 g/mol. The van der Waals surface area contributed by atoms with E-state index in [1.165, 1.54) is 12.5 Å². The number of nitrogens with zero attached hydrogens (tertiary/aromatic N) is 2. The van der Waals surface area contributed by atoms with Crippen LogP contribution < -0.4 is 11.1 Å². The molecular formula is C11H15F3N4. The van der Waals surface area contributed by atoms with Gasteiger partial charge >= 0.3 is 6.18 Å². The quantitative estimate of drug-likeness (QED) is 0.877. The van der Waals surface area contributed by atoms with Gasteiger partial charge in [0.1, 0.15) is 11.6 Å². The molecule has 18 heavy (non-hydrogen) atoms. The smallest absolute Gasteiger partial charge is 0.384 e. The predicted octanol–water partition coefficient (Wildman–Crippen LogP) is 2.68. The first kappa shape index (κ1) is 12.9. The van der Waals surface area contributed by atoms with Gasteiger partial charge in [0.05, 0.1) is 0 Å². The third-order valence-corrected chi connectivity index (χ3v) is 3.23. The summed E-state index contributed by atoms with van der Waals surface area (Å²) in [5, 5.41) is 2.97. The summed E-state index contributed by atoms with van der Waals surface area (Å²) >= 11 is 0. The molecule has 0 spiro atoms. The molecule has 100 valence electrons. The first-order valence-corrected chi connectivity index (χ1v) is 5.84. The number of nitrogens with one attached hydrogen (secondary N) is 1. The minimum Gasteiger partial charge on any atom is -0.384 e. The van der Waals surface area contributed by atoms with E-state index in [0.717, 1.165) is 12.8 Å². The van der Waals surface area contributed by atoms with Gasteiger partial charge in [0.2, 0.25) is 5.82 Å². The topological polar surface area (TPSA) is 63.8 Å². The first-order chi connectivity index (χ1) is 8.36. The first-order valence-electron chi connectivity index (χ1n) is 5.84. The van der Waals surface area contributed by atoms with Gasteiger partial charge in [-0.15, -0.1) is 0 Å². The molecule has 1 aliphatic carbocycles. The van der Waals surface area contributed by atoms with Crippen molar-refractivity contribution in [3.05, 3.63) is 11.9 Å². The Hall–Kier alpha value is -1.53. The van der Waals surface area contributed by atoms with Gasteiger partial charge in [-0.25, -0.2) is 9.97 Å². The molecule has 1 heterocycles. The van der Waals surface area contributed by atoms with Crippen LogP contribution in [-0.2, 0) is 6.18 Å². The molecule has 0 amide bonds. The lowest BCUT2D eigenvalue weighted by Crippen LogP contribution is -2.31. The second-order valence-electron chi connectivity index (χ2n) is 4.62. The molecule has 1 aliphatic rings. The van der Waals surface area contributed by atoms with E-state index in [4.69, 9.17) is 5.73 Å². The average Bonchev–Trinajstić information content (AvgIpc) is 2.11. The normalized spacial score (nSPS) is 18.2. The molecule has 1 fully saturated rings. The zero-order valence-electron chi connectivity index (χ0n) is 9.96. The van der Waals surface area contributed by atoms with Gasteiger partial charge in [-0.1, -0.05) is 6.42 Å². The van der Waals surface area contributed by atoms with E-state index in [0.29, 0.717) is 5.92 Å². The SMILES string of the molecule is CC(Nc1cc(N)nc(C(F)(F)F)n1)C1CCC1. The number of nitrogens with two attached hydrogens (primary N) is 1. The van der Waals surface area contributed by atoms with Crippen LogP contribution in [0.4, 0.5) is 24.8 Å². The molecule has 1 unspecified atom stereocenters. The molecule has 7 heteroatoms. The molecule has 0 aliphatic heterocycles. The molecule has 0 aromatic carbocycles. The summed E-state index contributed by atoms with van der Waals surface area (Å²) in [4.78, 5) is 6.65. The maximum atomic E-state index is 12.5. The molecule has 4 nitrogen and oxygen atoms in total. The summed E-state index contributed by atoms with van der Waals surface area (Å²) in [6.45, 7) is 1.94. The third-order valence-electron chi connectivity index (χ3n) is 3.23. The van der Waals surface area contributed by atoms with Crippen molar-refractivity contribution in [3.8, 4) is 0 Å². The van der Waals surface area contributed by atoms with Gasteiger partial charge in [0, 0.05) is 12.1 Å². The number of hydrogen-bond acceptors (Lipinski definition) is 4. The lowest BCUT2D eigenvalue weighted by atomic mass is 9.80. The van der Waals surface area contributed by atoms with Crippen LogP contribution >= 0.6 is 0 Å². The average molecular weight is 260 g/mol. The molecule has 1 atom stereocenters. The van der Waals surface area contributed by atoms with Crippen molar-refractivity contribution >= 4 is 11.6 Å². The van der Waals surface area contributed by atoms with E-state index in [2.05, 4.69) is 15.3 Å². The lowest BCUT2D eigenvalue weighted by Gasteiger charge is -2.32. The van der Waals surface area contributed by atoms with Crippen LogP contribution in [0.5, 0.6) is 0 Å². The van der Waals surface area contributed by atoms with E-state index in [9.17, 15) is 13.2 Å². The Kier molecular flexibility index (Phi) is 3.32. The van der Waals surface area contributed by atoms with Crippen molar-refractivity contribution in [2.24, 2.45) is 5.92 Å². The van der Waals surface area contributed by atoms with Crippen LogP contribution in [0.1, 0.15) is 32.0 Å². The van der Waals surface area contributed by atoms with Crippen LogP contribution in [0.2, 0.25) is 0 Å². The molecule has 0 bridgehead atoms. The van der Waals surface area contributed by atoms with Crippen molar-refractivity contribution < 1.29 is 13.2 Å². The summed E-state index contributed by atoms with van der Waals surface area (Å²) in [5.41, 5.74) is 5.36. The Balaban J connectivity index is 2.14. The summed E-state index contributed by atoms with van der Waals surface area (Å²) < 4.78 is 37.5. The van der Waals surface area contributed by atoms with Gasteiger partial charge in [-0.05, 0) is 25.7 Å². The van der Waals surface area contributed by atoms with E-state index in [-0.39, 0.29) is 17.7 Å². The molecule has 3 N–H and O–H groups in total. The Morgan fingerprint density at radius 3 is 2.56 bits per heavy atom. The van der Waals surface area contributed by atoms with Gasteiger partial charge in [0.25, 0.3) is 0 Å². The second-order valence-corrected chi connectivity index (χ2v) is 4.62. The Morgan fingerprint density at radius 1 is 1.39 bits per heavy atom. The van der Waals surface area contributed by atoms with Crippen LogP contribution in [0.15, 0.2) is 6.07 Å². The highest BCUT2D eigenvalue weighted by Crippen LogP contribution is 2.32.